The van der Waals surface area contributed by atoms with Crippen LogP contribution < -0.4 is 15.4 Å². The number of benzene rings is 2. The summed E-state index contributed by atoms with van der Waals surface area (Å²) in [6.07, 6.45) is 5.41. The van der Waals surface area contributed by atoms with Crippen LogP contribution in [-0.4, -0.2) is 45.4 Å². The highest BCUT2D eigenvalue weighted by Crippen LogP contribution is 2.35. The summed E-state index contributed by atoms with van der Waals surface area (Å²) >= 11 is 12.5. The molecule has 0 bridgehead atoms. The summed E-state index contributed by atoms with van der Waals surface area (Å²) in [4.78, 5) is 25.0. The Morgan fingerprint density at radius 2 is 1.87 bits per heavy atom. The predicted octanol–water partition coefficient (Wildman–Crippen LogP) is 4.37. The van der Waals surface area contributed by atoms with Gasteiger partial charge in [-0.25, -0.2) is 32.6 Å². The van der Waals surface area contributed by atoms with Gasteiger partial charge in [-0.1, -0.05) is 29.3 Å². The molecular formula is C23H20Cl2FN7O4S. The molecule has 0 radical (unpaired) electrons. The molecule has 0 aliphatic carbocycles. The molecule has 2 amide bonds. The summed E-state index contributed by atoms with van der Waals surface area (Å²) in [5.74, 6) is 0.0472. The Balaban J connectivity index is 1.44. The van der Waals surface area contributed by atoms with Gasteiger partial charge in [0.1, 0.15) is 24.5 Å². The highest BCUT2D eigenvalue weighted by Gasteiger charge is 2.19. The zero-order valence-corrected chi connectivity index (χ0v) is 22.2. The maximum Gasteiger partial charge on any atom is 0.319 e. The van der Waals surface area contributed by atoms with Crippen LogP contribution in [0.1, 0.15) is 24.4 Å². The van der Waals surface area contributed by atoms with Gasteiger partial charge in [0.15, 0.2) is 15.7 Å². The Hall–Kier alpha value is -3.81. The van der Waals surface area contributed by atoms with Crippen LogP contribution >= 0.6 is 23.2 Å². The van der Waals surface area contributed by atoms with E-state index in [0.29, 0.717) is 11.8 Å². The van der Waals surface area contributed by atoms with Crippen molar-refractivity contribution in [3.63, 3.8) is 0 Å². The zero-order chi connectivity index (χ0) is 27.4. The Morgan fingerprint density at radius 1 is 1.13 bits per heavy atom. The molecule has 0 saturated heterocycles. The van der Waals surface area contributed by atoms with Crippen molar-refractivity contribution in [1.29, 1.82) is 0 Å². The number of carbonyl (C=O) groups excluding carboxylic acids is 1. The van der Waals surface area contributed by atoms with Crippen molar-refractivity contribution in [2.45, 2.75) is 24.5 Å². The summed E-state index contributed by atoms with van der Waals surface area (Å²) in [7, 11) is -3.56. The fourth-order valence-corrected chi connectivity index (χ4v) is 4.40. The first-order chi connectivity index (χ1) is 18.0. The molecule has 0 saturated carbocycles. The molecule has 4 rings (SSSR count). The fourth-order valence-electron chi connectivity index (χ4n) is 3.29. The highest BCUT2D eigenvalue weighted by atomic mass is 35.5. The number of nitrogens with zero attached hydrogens (tertiary/aromatic N) is 5. The maximum atomic E-state index is 14.4. The molecule has 2 aromatic carbocycles. The summed E-state index contributed by atoms with van der Waals surface area (Å²) in [6, 6.07) is 6.71. The summed E-state index contributed by atoms with van der Waals surface area (Å²) < 4.78 is 44.6. The van der Waals surface area contributed by atoms with Gasteiger partial charge in [0.25, 0.3) is 5.95 Å². The molecule has 2 N–H and O–H groups in total. The molecular weight excluding hydrogens is 560 g/mol. The first-order valence-corrected chi connectivity index (χ1v) is 13.5. The summed E-state index contributed by atoms with van der Waals surface area (Å²) in [6.45, 7) is 1.45. The molecule has 2 heterocycles. The summed E-state index contributed by atoms with van der Waals surface area (Å²) in [5.41, 5.74) is 0.285. The van der Waals surface area contributed by atoms with E-state index in [1.54, 1.807) is 25.4 Å². The van der Waals surface area contributed by atoms with E-state index in [0.717, 1.165) is 12.3 Å². The summed E-state index contributed by atoms with van der Waals surface area (Å²) in [5, 5.41) is 9.70. The smallest absolute Gasteiger partial charge is 0.319 e. The van der Waals surface area contributed by atoms with Gasteiger partial charge in [0.05, 0.1) is 26.7 Å². The number of urea groups is 1. The minimum atomic E-state index is -3.56. The van der Waals surface area contributed by atoms with Crippen molar-refractivity contribution >= 4 is 44.8 Å². The van der Waals surface area contributed by atoms with E-state index in [1.165, 1.54) is 35.3 Å². The average molecular weight is 580 g/mol. The molecule has 0 fully saturated rings. The van der Waals surface area contributed by atoms with E-state index < -0.39 is 27.7 Å². The van der Waals surface area contributed by atoms with Gasteiger partial charge in [-0.2, -0.15) is 9.78 Å². The second kappa shape index (κ2) is 11.3. The molecule has 0 aliphatic rings. The number of hydrogen-bond acceptors (Lipinski definition) is 8. The van der Waals surface area contributed by atoms with Crippen LogP contribution in [0.15, 0.2) is 60.0 Å². The number of carbonyl (C=O) groups is 1. The van der Waals surface area contributed by atoms with Crippen molar-refractivity contribution in [3.8, 4) is 11.7 Å². The molecule has 198 valence electrons. The van der Waals surface area contributed by atoms with Gasteiger partial charge < -0.3 is 15.4 Å². The molecule has 1 atom stereocenters. The van der Waals surface area contributed by atoms with E-state index in [9.17, 15) is 17.6 Å². The largest absolute Gasteiger partial charge is 0.487 e. The molecule has 0 aliphatic heterocycles. The quantitative estimate of drug-likeness (QED) is 0.313. The lowest BCUT2D eigenvalue weighted by molar-refractivity contribution is 0.248. The van der Waals surface area contributed by atoms with Gasteiger partial charge in [-0.3, -0.25) is 0 Å². The number of halogens is 3. The maximum absolute atomic E-state index is 14.4. The van der Waals surface area contributed by atoms with Gasteiger partial charge in [0.2, 0.25) is 0 Å². The first-order valence-electron chi connectivity index (χ1n) is 10.9. The van der Waals surface area contributed by atoms with Crippen molar-refractivity contribution in [2.24, 2.45) is 0 Å². The van der Waals surface area contributed by atoms with Crippen LogP contribution in [0.4, 0.5) is 14.9 Å². The van der Waals surface area contributed by atoms with Crippen LogP contribution in [0.3, 0.4) is 0 Å². The number of amides is 2. The van der Waals surface area contributed by atoms with Crippen molar-refractivity contribution in [2.75, 3.05) is 11.6 Å². The van der Waals surface area contributed by atoms with Gasteiger partial charge in [-0.05, 0) is 31.2 Å². The molecule has 0 unspecified atom stereocenters. The molecule has 0 spiro atoms. The minimum Gasteiger partial charge on any atom is -0.487 e. The Bertz CT molecular complexity index is 1590. The van der Waals surface area contributed by atoms with E-state index in [-0.39, 0.29) is 38.5 Å². The molecule has 4 aromatic rings. The average Bonchev–Trinajstić information content (AvgIpc) is 3.36. The van der Waals surface area contributed by atoms with Gasteiger partial charge >= 0.3 is 6.03 Å². The molecule has 2 aromatic heterocycles. The lowest BCUT2D eigenvalue weighted by atomic mass is 10.2. The molecule has 11 nitrogen and oxygen atoms in total. The topological polar surface area (TPSA) is 141 Å². The fraction of sp³-hybridized carbons (Fsp3) is 0.174. The van der Waals surface area contributed by atoms with Crippen molar-refractivity contribution in [1.82, 2.24) is 30.0 Å². The lowest BCUT2D eigenvalue weighted by Gasteiger charge is -2.16. The van der Waals surface area contributed by atoms with Crippen molar-refractivity contribution < 1.29 is 22.3 Å². The van der Waals surface area contributed by atoms with Gasteiger partial charge in [-0.15, -0.1) is 0 Å². The van der Waals surface area contributed by atoms with Crippen molar-refractivity contribution in [3.05, 3.63) is 82.4 Å². The van der Waals surface area contributed by atoms with E-state index >= 15 is 0 Å². The predicted molar refractivity (Wildman–Crippen MR) is 138 cm³/mol. The minimum absolute atomic E-state index is 0.107. The third kappa shape index (κ3) is 6.36. The monoisotopic (exact) mass is 579 g/mol. The second-order valence-electron chi connectivity index (χ2n) is 7.98. The molecule has 38 heavy (non-hydrogen) atoms. The number of ether oxygens (including phenoxy) is 1. The first kappa shape index (κ1) is 27.2. The highest BCUT2D eigenvalue weighted by molar-refractivity contribution is 7.90. The number of nitrogens with one attached hydrogen (secondary N) is 2. The van der Waals surface area contributed by atoms with Gasteiger partial charge in [0, 0.05) is 30.3 Å². The SMILES string of the molecule is C[C@H](NC(=O)Nc1cc(OCc2ccc(S(C)(=O)=O)cc2F)c(Cl)cc1Cl)c1ncnn1-c1ncccn1. The number of hydrogen-bond donors (Lipinski definition) is 2. The van der Waals surface area contributed by atoms with Crippen LogP contribution in [0, 0.1) is 5.82 Å². The van der Waals surface area contributed by atoms with E-state index in [1.807, 2.05) is 0 Å². The Morgan fingerprint density at radius 3 is 2.55 bits per heavy atom. The van der Waals surface area contributed by atoms with Crippen LogP contribution in [0.5, 0.6) is 5.75 Å². The Kier molecular flexibility index (Phi) is 8.09. The standard InChI is InChI=1S/C23H20Cl2FN7O4S/c1-13(21-29-12-30-33(21)22-27-6-3-7-28-22)31-23(34)32-19-10-20(17(25)9-16(19)24)37-11-14-4-5-15(8-18(14)26)38(2,35)36/h3-10,12-13H,11H2,1-2H3,(H2,31,32,34)/t13-/m0/s1. The van der Waals surface area contributed by atoms with Crippen LogP contribution in [-0.2, 0) is 16.4 Å². The van der Waals surface area contributed by atoms with E-state index in [4.69, 9.17) is 27.9 Å². The van der Waals surface area contributed by atoms with E-state index in [2.05, 4.69) is 30.7 Å². The lowest BCUT2D eigenvalue weighted by Crippen LogP contribution is -2.32. The molecule has 15 heteroatoms. The number of rotatable bonds is 8. The third-order valence-electron chi connectivity index (χ3n) is 5.16. The Labute approximate surface area is 226 Å². The third-order valence-corrected chi connectivity index (χ3v) is 6.87. The number of sulfone groups is 1. The number of aromatic nitrogens is 5. The normalized spacial score (nSPS) is 12.1. The van der Waals surface area contributed by atoms with Crippen LogP contribution in [0.25, 0.3) is 5.95 Å². The number of anilines is 1. The zero-order valence-electron chi connectivity index (χ0n) is 19.9. The second-order valence-corrected chi connectivity index (χ2v) is 10.8. The van der Waals surface area contributed by atoms with Crippen LogP contribution in [0.2, 0.25) is 10.0 Å².